The van der Waals surface area contributed by atoms with Gasteiger partial charge in [0.2, 0.25) is 6.29 Å². The minimum atomic E-state index is -1.32. The van der Waals surface area contributed by atoms with Crippen molar-refractivity contribution in [1.29, 1.82) is 0 Å². The molecule has 0 radical (unpaired) electrons. The van der Waals surface area contributed by atoms with Crippen molar-refractivity contribution in [3.05, 3.63) is 114 Å². The molecule has 1 aliphatic heterocycles. The van der Waals surface area contributed by atoms with Crippen molar-refractivity contribution in [2.75, 3.05) is 33.3 Å². The van der Waals surface area contributed by atoms with Gasteiger partial charge in [-0.1, -0.05) is 36.4 Å². The zero-order chi connectivity index (χ0) is 36.3. The van der Waals surface area contributed by atoms with Crippen molar-refractivity contribution >= 4 is 22.4 Å². The van der Waals surface area contributed by atoms with Crippen LogP contribution in [0, 0.1) is 0 Å². The maximum absolute atomic E-state index is 14.5. The fourth-order valence-corrected chi connectivity index (χ4v) is 6.50. The Bertz CT molecular complexity index is 1990. The Morgan fingerprint density at radius 3 is 2.16 bits per heavy atom. The van der Waals surface area contributed by atoms with Crippen molar-refractivity contribution in [2.24, 2.45) is 0 Å². The number of nitrogens with zero attached hydrogens (tertiary/aromatic N) is 1. The van der Waals surface area contributed by atoms with E-state index in [9.17, 15) is 15.0 Å². The third-order valence-electron chi connectivity index (χ3n) is 9.23. The molecule has 1 fully saturated rings. The van der Waals surface area contributed by atoms with Crippen LogP contribution < -0.4 is 23.8 Å². The van der Waals surface area contributed by atoms with Crippen LogP contribution in [0.4, 0.5) is 5.69 Å². The second kappa shape index (κ2) is 15.0. The Labute approximate surface area is 297 Å². The summed E-state index contributed by atoms with van der Waals surface area (Å²) in [5.41, 5.74) is 2.81. The Balaban J connectivity index is 1.33. The molecule has 6 rings (SSSR count). The van der Waals surface area contributed by atoms with Crippen molar-refractivity contribution < 1.29 is 43.4 Å². The number of carbonyl (C=O) groups excluding carboxylic acids is 1. The molecule has 1 aliphatic rings. The lowest BCUT2D eigenvalue weighted by Crippen LogP contribution is -2.63. The van der Waals surface area contributed by atoms with E-state index in [0.717, 1.165) is 33.2 Å². The lowest BCUT2D eigenvalue weighted by atomic mass is 9.89. The summed E-state index contributed by atoms with van der Waals surface area (Å²) in [6, 6.07) is 31.9. The highest BCUT2D eigenvalue weighted by molar-refractivity contribution is 6.08. The first-order chi connectivity index (χ1) is 24.5. The minimum absolute atomic E-state index is 0.198. The van der Waals surface area contributed by atoms with Crippen LogP contribution >= 0.6 is 0 Å². The number of hydrogen-bond donors (Lipinski definition) is 2. The Morgan fingerprint density at radius 2 is 1.45 bits per heavy atom. The average molecular weight is 694 g/mol. The van der Waals surface area contributed by atoms with E-state index >= 15 is 0 Å². The van der Waals surface area contributed by atoms with Gasteiger partial charge in [0.15, 0.2) is 0 Å². The summed E-state index contributed by atoms with van der Waals surface area (Å²) >= 11 is 0. The Hall–Kier alpha value is -5.13. The summed E-state index contributed by atoms with van der Waals surface area (Å²) in [4.78, 5) is 16.2. The number of hydrogen-bond acceptors (Lipinski definition) is 9. The first-order valence-corrected chi connectivity index (χ1v) is 16.6. The quantitative estimate of drug-likeness (QED) is 0.157. The molecule has 0 unspecified atom stereocenters. The number of anilines is 1. The summed E-state index contributed by atoms with van der Waals surface area (Å²) in [7, 11) is 6.30. The normalized spacial score (nSPS) is 19.7. The average Bonchev–Trinajstić information content (AvgIpc) is 3.15. The highest BCUT2D eigenvalue weighted by Gasteiger charge is 2.50. The number of fused-ring (bicyclic) bond motifs is 1. The molecule has 0 spiro atoms. The van der Waals surface area contributed by atoms with Gasteiger partial charge in [0.25, 0.3) is 5.91 Å². The molecule has 1 amide bonds. The molecule has 0 aromatic heterocycles. The third kappa shape index (κ3) is 7.50. The van der Waals surface area contributed by atoms with Gasteiger partial charge >= 0.3 is 0 Å². The van der Waals surface area contributed by atoms with Crippen molar-refractivity contribution in [2.45, 2.75) is 50.6 Å². The van der Waals surface area contributed by atoms with E-state index in [1.165, 1.54) is 7.11 Å². The largest absolute Gasteiger partial charge is 0.497 e. The number of benzene rings is 5. The molecule has 10 heteroatoms. The minimum Gasteiger partial charge on any atom is -0.497 e. The highest BCUT2D eigenvalue weighted by atomic mass is 16.7. The van der Waals surface area contributed by atoms with E-state index in [1.807, 2.05) is 84.9 Å². The molecule has 0 saturated carbocycles. The second-order valence-electron chi connectivity index (χ2n) is 12.9. The number of aliphatic hydroxyl groups is 2. The van der Waals surface area contributed by atoms with Crippen LogP contribution in [0.5, 0.6) is 23.0 Å². The highest BCUT2D eigenvalue weighted by Crippen LogP contribution is 2.36. The second-order valence-corrected chi connectivity index (χ2v) is 12.9. The number of carbonyl (C=O) groups is 1. The van der Waals surface area contributed by atoms with E-state index < -0.39 is 30.2 Å². The van der Waals surface area contributed by atoms with E-state index in [-0.39, 0.29) is 5.91 Å². The van der Waals surface area contributed by atoms with Crippen molar-refractivity contribution in [3.8, 4) is 34.1 Å². The molecule has 0 bridgehead atoms. The Morgan fingerprint density at radius 1 is 0.745 bits per heavy atom. The summed E-state index contributed by atoms with van der Waals surface area (Å²) in [5, 5.41) is 23.1. The van der Waals surface area contributed by atoms with Gasteiger partial charge < -0.3 is 43.5 Å². The zero-order valence-electron chi connectivity index (χ0n) is 29.5. The van der Waals surface area contributed by atoms with Crippen LogP contribution in [0.2, 0.25) is 0 Å². The lowest BCUT2D eigenvalue weighted by molar-refractivity contribution is -0.305. The van der Waals surface area contributed by atoms with Crippen LogP contribution in [0.1, 0.15) is 29.8 Å². The first kappa shape index (κ1) is 35.7. The first-order valence-electron chi connectivity index (χ1n) is 16.6. The van der Waals surface area contributed by atoms with Crippen LogP contribution in [-0.4, -0.2) is 74.8 Å². The molecule has 1 saturated heterocycles. The molecule has 5 aromatic rings. The summed E-state index contributed by atoms with van der Waals surface area (Å²) < 4.78 is 33.9. The molecule has 2 N–H and O–H groups in total. The van der Waals surface area contributed by atoms with Crippen LogP contribution in [0.3, 0.4) is 0 Å². The summed E-state index contributed by atoms with van der Waals surface area (Å²) in [6.45, 7) is 3.85. The monoisotopic (exact) mass is 693 g/mol. The van der Waals surface area contributed by atoms with Gasteiger partial charge in [0, 0.05) is 23.9 Å². The van der Waals surface area contributed by atoms with Crippen LogP contribution in [0.25, 0.3) is 21.9 Å². The molecule has 266 valence electrons. The smallest absolute Gasteiger partial charge is 0.258 e. The summed E-state index contributed by atoms with van der Waals surface area (Å²) in [6.07, 6.45) is -4.35. The third-order valence-corrected chi connectivity index (χ3v) is 9.23. The molecule has 4 atom stereocenters. The molecular formula is C41H43NO9. The molecule has 5 aromatic carbocycles. The van der Waals surface area contributed by atoms with E-state index in [2.05, 4.69) is 0 Å². The van der Waals surface area contributed by atoms with Crippen molar-refractivity contribution in [3.63, 3.8) is 0 Å². The standard InChI is InChI=1S/C41H43NO9/c1-41(2)38(49-6)36(43)37(44)40(51-41)50-33-18-13-26-20-30(15-12-27(26)21-33)42(24-25-10-16-31(46-3)17-11-25)39(45)29-14-19-35(48-5)34(23-29)28-8-7-9-32(22-28)47-4/h7-23,36-38,40,43-44H,24H2,1-6H3/t36-,37+,38+,40+/m0/s1. The van der Waals surface area contributed by atoms with Gasteiger partial charge in [-0.15, -0.1) is 0 Å². The fourth-order valence-electron chi connectivity index (χ4n) is 6.50. The van der Waals surface area contributed by atoms with Gasteiger partial charge in [-0.05, 0) is 102 Å². The predicted octanol–water partition coefficient (Wildman–Crippen LogP) is 6.63. The molecule has 51 heavy (non-hydrogen) atoms. The van der Waals surface area contributed by atoms with E-state index in [4.69, 9.17) is 28.4 Å². The lowest BCUT2D eigenvalue weighted by Gasteiger charge is -2.46. The van der Waals surface area contributed by atoms with Gasteiger partial charge in [-0.2, -0.15) is 0 Å². The molecule has 10 nitrogen and oxygen atoms in total. The number of rotatable bonds is 11. The van der Waals surface area contributed by atoms with Gasteiger partial charge in [0.1, 0.15) is 41.3 Å². The number of methoxy groups -OCH3 is 4. The van der Waals surface area contributed by atoms with E-state index in [0.29, 0.717) is 35.0 Å². The maximum atomic E-state index is 14.5. The van der Waals surface area contributed by atoms with E-state index in [1.54, 1.807) is 58.3 Å². The van der Waals surface area contributed by atoms with Gasteiger partial charge in [-0.3, -0.25) is 4.79 Å². The summed E-state index contributed by atoms with van der Waals surface area (Å²) in [5.74, 6) is 2.30. The number of amides is 1. The van der Waals surface area contributed by atoms with Crippen molar-refractivity contribution in [1.82, 2.24) is 0 Å². The molecule has 0 aliphatic carbocycles. The number of aliphatic hydroxyl groups excluding tert-OH is 2. The van der Waals surface area contributed by atoms with Gasteiger partial charge in [0.05, 0.1) is 33.5 Å². The number of ether oxygens (including phenoxy) is 6. The predicted molar refractivity (Wildman–Crippen MR) is 195 cm³/mol. The Kier molecular flexibility index (Phi) is 10.5. The SMILES string of the molecule is COc1ccc(CN(C(=O)c2ccc(OC)c(-c3cccc(OC)c3)c2)c2ccc3cc(O[C@@H]4OC(C)(C)[C@H](OC)[C@@H](O)[C@H]4O)ccc3c2)cc1. The van der Waals surface area contributed by atoms with Crippen LogP contribution in [0.15, 0.2) is 103 Å². The molecule has 1 heterocycles. The van der Waals surface area contributed by atoms with Crippen LogP contribution in [-0.2, 0) is 16.0 Å². The fraction of sp³-hybridized carbons (Fsp3) is 0.293. The topological polar surface area (TPSA) is 116 Å². The zero-order valence-corrected chi connectivity index (χ0v) is 29.5. The maximum Gasteiger partial charge on any atom is 0.258 e. The van der Waals surface area contributed by atoms with Gasteiger partial charge in [-0.25, -0.2) is 0 Å². The molecular weight excluding hydrogens is 650 g/mol.